The maximum Gasteiger partial charge on any atom is 0.315 e. The van der Waals surface area contributed by atoms with Crippen molar-refractivity contribution in [2.24, 2.45) is 10.9 Å². The monoisotopic (exact) mass is 553 g/mol. The van der Waals surface area contributed by atoms with Crippen LogP contribution in [-0.2, 0) is 20.9 Å². The van der Waals surface area contributed by atoms with E-state index in [9.17, 15) is 9.59 Å². The molecule has 41 heavy (non-hydrogen) atoms. The molecule has 0 N–H and O–H groups in total. The van der Waals surface area contributed by atoms with Crippen LogP contribution in [0.3, 0.4) is 0 Å². The molecule has 3 aromatic rings. The summed E-state index contributed by atoms with van der Waals surface area (Å²) in [6, 6.07) is 23.3. The molecule has 3 aromatic carbocycles. The van der Waals surface area contributed by atoms with Gasteiger partial charge in [-0.1, -0.05) is 48.5 Å². The largest absolute Gasteiger partial charge is 0.497 e. The maximum absolute atomic E-state index is 13.9. The molecule has 0 saturated heterocycles. The van der Waals surface area contributed by atoms with Crippen molar-refractivity contribution in [3.63, 3.8) is 0 Å². The zero-order valence-corrected chi connectivity index (χ0v) is 23.9. The van der Waals surface area contributed by atoms with Crippen LogP contribution in [0.15, 0.2) is 89.1 Å². The van der Waals surface area contributed by atoms with Crippen LogP contribution in [-0.4, -0.2) is 38.3 Å². The molecule has 0 fully saturated rings. The Balaban J connectivity index is 1.51. The average molecular weight is 554 g/mol. The molecule has 0 amide bonds. The van der Waals surface area contributed by atoms with Crippen LogP contribution in [0.2, 0.25) is 0 Å². The second kappa shape index (κ2) is 12.4. The Morgan fingerprint density at radius 1 is 0.902 bits per heavy atom. The van der Waals surface area contributed by atoms with Gasteiger partial charge in [0.1, 0.15) is 18.3 Å². The molecule has 1 heterocycles. The lowest BCUT2D eigenvalue weighted by molar-refractivity contribution is -0.146. The number of benzene rings is 3. The average Bonchev–Trinajstić information content (AvgIpc) is 2.99. The molecule has 0 saturated carbocycles. The van der Waals surface area contributed by atoms with Crippen LogP contribution >= 0.6 is 0 Å². The minimum absolute atomic E-state index is 0.00759. The van der Waals surface area contributed by atoms with Gasteiger partial charge in [0.15, 0.2) is 17.3 Å². The van der Waals surface area contributed by atoms with E-state index in [-0.39, 0.29) is 18.3 Å². The second-order valence-corrected chi connectivity index (χ2v) is 10.3. The van der Waals surface area contributed by atoms with E-state index in [1.807, 2.05) is 79.7 Å². The number of Topliss-reactive ketones (excluding diaryl/α,β-unsaturated/α-hetero) is 1. The highest BCUT2D eigenvalue weighted by molar-refractivity contribution is 6.09. The predicted molar refractivity (Wildman–Crippen MR) is 157 cm³/mol. The summed E-state index contributed by atoms with van der Waals surface area (Å²) in [4.78, 5) is 32.0. The number of hydrogen-bond donors (Lipinski definition) is 0. The van der Waals surface area contributed by atoms with Crippen molar-refractivity contribution in [3.8, 4) is 17.2 Å². The van der Waals surface area contributed by atoms with Crippen molar-refractivity contribution < 1.29 is 28.5 Å². The number of allylic oxidation sites excluding steroid dienone is 2. The van der Waals surface area contributed by atoms with Gasteiger partial charge in [0, 0.05) is 29.3 Å². The first-order chi connectivity index (χ1) is 19.9. The summed E-state index contributed by atoms with van der Waals surface area (Å²) in [5.74, 6) is 0.223. The van der Waals surface area contributed by atoms with Gasteiger partial charge in [0.2, 0.25) is 0 Å². The lowest BCUT2D eigenvalue weighted by atomic mass is 9.69. The number of ketones is 1. The van der Waals surface area contributed by atoms with Gasteiger partial charge >= 0.3 is 5.97 Å². The Morgan fingerprint density at radius 3 is 2.32 bits per heavy atom. The van der Waals surface area contributed by atoms with E-state index >= 15 is 0 Å². The van der Waals surface area contributed by atoms with Crippen molar-refractivity contribution in [2.75, 3.05) is 20.8 Å². The number of ether oxygens (including phenoxy) is 4. The fraction of sp³-hybridized carbons (Fsp3) is 0.324. The molecule has 1 aliphatic carbocycles. The fourth-order valence-electron chi connectivity index (χ4n) is 5.80. The number of nitrogens with zero attached hydrogens (tertiary/aromatic N) is 1. The second-order valence-electron chi connectivity index (χ2n) is 10.3. The normalized spacial score (nSPS) is 20.1. The smallest absolute Gasteiger partial charge is 0.315 e. The summed E-state index contributed by atoms with van der Waals surface area (Å²) in [5, 5.41) is 0. The first-order valence-corrected chi connectivity index (χ1v) is 13.9. The summed E-state index contributed by atoms with van der Waals surface area (Å²) in [6.07, 6.45) is 0.938. The number of hydrogen-bond acceptors (Lipinski definition) is 7. The molecule has 5 rings (SSSR count). The Kier molecular flexibility index (Phi) is 8.53. The minimum atomic E-state index is -0.712. The molecule has 0 radical (unpaired) electrons. The summed E-state index contributed by atoms with van der Waals surface area (Å²) in [5.41, 5.74) is 4.83. The summed E-state index contributed by atoms with van der Waals surface area (Å²) in [7, 11) is 3.22. The van der Waals surface area contributed by atoms with Crippen LogP contribution in [0.1, 0.15) is 55.2 Å². The molecule has 0 aromatic heterocycles. The van der Waals surface area contributed by atoms with Crippen molar-refractivity contribution in [1.29, 1.82) is 0 Å². The molecule has 3 atom stereocenters. The SMILES string of the molecule is CCOC(=O)C1C(C)=NC2=C(C(=O)C[C@H](c3ccc(OC)cc3)C2)[C@H]1c1ccc(OCc2ccccc2)c(OC)c1. The molecule has 212 valence electrons. The molecule has 7 nitrogen and oxygen atoms in total. The number of aliphatic imine (C=N–C) groups is 1. The summed E-state index contributed by atoms with van der Waals surface area (Å²) < 4.78 is 22.6. The van der Waals surface area contributed by atoms with Gasteiger partial charge in [-0.3, -0.25) is 14.6 Å². The van der Waals surface area contributed by atoms with Crippen molar-refractivity contribution in [2.45, 2.75) is 45.1 Å². The first-order valence-electron chi connectivity index (χ1n) is 13.9. The van der Waals surface area contributed by atoms with Crippen LogP contribution < -0.4 is 14.2 Å². The van der Waals surface area contributed by atoms with Gasteiger partial charge in [-0.15, -0.1) is 0 Å². The highest BCUT2D eigenvalue weighted by Gasteiger charge is 2.45. The van der Waals surface area contributed by atoms with E-state index in [2.05, 4.69) is 0 Å². The van der Waals surface area contributed by atoms with E-state index in [1.165, 1.54) is 0 Å². The van der Waals surface area contributed by atoms with Crippen LogP contribution in [0, 0.1) is 5.92 Å². The third kappa shape index (κ3) is 5.89. The number of carbonyl (C=O) groups is 2. The van der Waals surface area contributed by atoms with E-state index < -0.39 is 17.8 Å². The highest BCUT2D eigenvalue weighted by atomic mass is 16.5. The van der Waals surface area contributed by atoms with Crippen LogP contribution in [0.25, 0.3) is 0 Å². The molecular weight excluding hydrogens is 518 g/mol. The topological polar surface area (TPSA) is 83.4 Å². The third-order valence-electron chi connectivity index (χ3n) is 7.80. The molecule has 0 bridgehead atoms. The van der Waals surface area contributed by atoms with Gasteiger partial charge in [-0.05, 0) is 67.1 Å². The highest BCUT2D eigenvalue weighted by Crippen LogP contribution is 2.48. The van der Waals surface area contributed by atoms with Gasteiger partial charge < -0.3 is 18.9 Å². The van der Waals surface area contributed by atoms with Crippen molar-refractivity contribution >= 4 is 17.5 Å². The van der Waals surface area contributed by atoms with Crippen molar-refractivity contribution in [1.82, 2.24) is 0 Å². The number of methoxy groups -OCH3 is 2. The summed E-state index contributed by atoms with van der Waals surface area (Å²) >= 11 is 0. The standard InChI is InChI=1S/C34H35NO6/c1-5-40-34(37)31-21(2)35-27-17-25(23-11-14-26(38-3)15-12-23)18-28(36)33(27)32(31)24-13-16-29(30(19-24)39-4)41-20-22-9-7-6-8-10-22/h6-16,19,25,31-32H,5,17-18,20H2,1-4H3/t25-,31?,32+/m1/s1. The molecule has 2 aliphatic rings. The van der Waals surface area contributed by atoms with E-state index in [4.69, 9.17) is 23.9 Å². The third-order valence-corrected chi connectivity index (χ3v) is 7.80. The molecule has 0 spiro atoms. The van der Waals surface area contributed by atoms with Crippen LogP contribution in [0.5, 0.6) is 17.2 Å². The lowest BCUT2D eigenvalue weighted by Crippen LogP contribution is -2.38. The molecule has 1 unspecified atom stereocenters. The van der Waals surface area contributed by atoms with E-state index in [0.29, 0.717) is 42.2 Å². The first kappa shape index (κ1) is 28.1. The van der Waals surface area contributed by atoms with E-state index in [0.717, 1.165) is 28.1 Å². The lowest BCUT2D eigenvalue weighted by Gasteiger charge is -2.36. The number of rotatable bonds is 9. The van der Waals surface area contributed by atoms with Crippen molar-refractivity contribution in [3.05, 3.63) is 101 Å². The molecular formula is C34H35NO6. The number of esters is 1. The quantitative estimate of drug-likeness (QED) is 0.284. The molecule has 7 heteroatoms. The zero-order chi connectivity index (χ0) is 28.9. The fourth-order valence-corrected chi connectivity index (χ4v) is 5.80. The Hall–Kier alpha value is -4.39. The van der Waals surface area contributed by atoms with Gasteiger partial charge in [-0.25, -0.2) is 0 Å². The zero-order valence-electron chi connectivity index (χ0n) is 23.9. The van der Waals surface area contributed by atoms with E-state index in [1.54, 1.807) is 21.1 Å². The number of carbonyl (C=O) groups excluding carboxylic acids is 2. The Bertz CT molecular complexity index is 1470. The van der Waals surface area contributed by atoms with Crippen LogP contribution in [0.4, 0.5) is 0 Å². The van der Waals surface area contributed by atoms with Gasteiger partial charge in [0.05, 0.1) is 20.8 Å². The summed E-state index contributed by atoms with van der Waals surface area (Å²) in [6.45, 7) is 4.25. The van der Waals surface area contributed by atoms with Gasteiger partial charge in [0.25, 0.3) is 0 Å². The van der Waals surface area contributed by atoms with Gasteiger partial charge in [-0.2, -0.15) is 0 Å². The Morgan fingerprint density at radius 2 is 1.63 bits per heavy atom. The Labute approximate surface area is 240 Å². The predicted octanol–water partition coefficient (Wildman–Crippen LogP) is 6.42. The maximum atomic E-state index is 13.9. The minimum Gasteiger partial charge on any atom is -0.497 e. The molecule has 1 aliphatic heterocycles.